The number of methoxy groups -OCH3 is 1. The SMILES string of the molecule is CCOC(=O)c1cccc(NC(=O)CC2C(=O)N(c3ccc(OC)c(Cl)c3)C(=S)N2Cc2ccccn2)c1. The molecule has 0 bridgehead atoms. The molecule has 1 unspecified atom stereocenters. The maximum atomic E-state index is 13.6. The van der Waals surface area contributed by atoms with Gasteiger partial charge in [-0.05, 0) is 67.7 Å². The Morgan fingerprint density at radius 3 is 2.63 bits per heavy atom. The van der Waals surface area contributed by atoms with Gasteiger partial charge in [0, 0.05) is 11.9 Å². The molecule has 196 valence electrons. The number of carbonyl (C=O) groups excluding carboxylic acids is 3. The van der Waals surface area contributed by atoms with Crippen molar-refractivity contribution in [1.82, 2.24) is 9.88 Å². The lowest BCUT2D eigenvalue weighted by molar-refractivity contribution is -0.124. The third-order valence-corrected chi connectivity index (χ3v) is 6.52. The van der Waals surface area contributed by atoms with Crippen LogP contribution in [0.25, 0.3) is 0 Å². The van der Waals surface area contributed by atoms with E-state index in [0.717, 1.165) is 0 Å². The van der Waals surface area contributed by atoms with Gasteiger partial charge in [-0.3, -0.25) is 19.5 Å². The molecule has 0 aliphatic carbocycles. The number of thiocarbonyl (C=S) groups is 1. The molecule has 1 aliphatic rings. The minimum atomic E-state index is -0.890. The third kappa shape index (κ3) is 5.92. The van der Waals surface area contributed by atoms with Gasteiger partial charge in [0.15, 0.2) is 5.11 Å². The summed E-state index contributed by atoms with van der Waals surface area (Å²) in [4.78, 5) is 46.2. The Hall–Kier alpha value is -4.02. The molecule has 2 amide bonds. The van der Waals surface area contributed by atoms with Gasteiger partial charge in [-0.15, -0.1) is 0 Å². The summed E-state index contributed by atoms with van der Waals surface area (Å²) in [6.07, 6.45) is 1.46. The average Bonchev–Trinajstić information content (AvgIpc) is 3.13. The van der Waals surface area contributed by atoms with Gasteiger partial charge in [-0.1, -0.05) is 23.7 Å². The van der Waals surface area contributed by atoms with Crippen molar-refractivity contribution < 1.29 is 23.9 Å². The lowest BCUT2D eigenvalue weighted by Gasteiger charge is -2.23. The van der Waals surface area contributed by atoms with E-state index in [1.807, 2.05) is 12.1 Å². The van der Waals surface area contributed by atoms with E-state index < -0.39 is 17.9 Å². The first-order chi connectivity index (χ1) is 18.3. The minimum Gasteiger partial charge on any atom is -0.495 e. The summed E-state index contributed by atoms with van der Waals surface area (Å²) < 4.78 is 10.2. The molecular formula is C27H25ClN4O5S. The summed E-state index contributed by atoms with van der Waals surface area (Å²) in [5, 5.41) is 3.31. The molecule has 2 aromatic carbocycles. The van der Waals surface area contributed by atoms with Gasteiger partial charge in [-0.25, -0.2) is 4.79 Å². The number of aromatic nitrogens is 1. The fraction of sp³-hybridized carbons (Fsp3) is 0.222. The molecule has 1 aromatic heterocycles. The number of nitrogens with one attached hydrogen (secondary N) is 1. The van der Waals surface area contributed by atoms with Gasteiger partial charge in [0.2, 0.25) is 5.91 Å². The zero-order valence-corrected chi connectivity index (χ0v) is 22.3. The summed E-state index contributed by atoms with van der Waals surface area (Å²) in [6.45, 7) is 2.18. The Morgan fingerprint density at radius 1 is 1.13 bits per heavy atom. The van der Waals surface area contributed by atoms with Crippen molar-refractivity contribution in [3.63, 3.8) is 0 Å². The predicted molar refractivity (Wildman–Crippen MR) is 147 cm³/mol. The molecule has 1 saturated heterocycles. The average molecular weight is 553 g/mol. The Morgan fingerprint density at radius 2 is 1.95 bits per heavy atom. The highest BCUT2D eigenvalue weighted by molar-refractivity contribution is 7.80. The first kappa shape index (κ1) is 27.0. The maximum absolute atomic E-state index is 13.6. The molecule has 1 atom stereocenters. The summed E-state index contributed by atoms with van der Waals surface area (Å²) in [7, 11) is 1.50. The second-order valence-corrected chi connectivity index (χ2v) is 9.07. The van der Waals surface area contributed by atoms with Gasteiger partial charge in [0.1, 0.15) is 11.8 Å². The van der Waals surface area contributed by atoms with Crippen LogP contribution in [0.5, 0.6) is 5.75 Å². The van der Waals surface area contributed by atoms with E-state index in [2.05, 4.69) is 10.3 Å². The fourth-order valence-electron chi connectivity index (χ4n) is 4.04. The second kappa shape index (κ2) is 12.0. The van der Waals surface area contributed by atoms with Crippen molar-refractivity contribution in [2.24, 2.45) is 0 Å². The van der Waals surface area contributed by atoms with Gasteiger partial charge >= 0.3 is 5.97 Å². The highest BCUT2D eigenvalue weighted by atomic mass is 35.5. The van der Waals surface area contributed by atoms with Crippen LogP contribution < -0.4 is 15.0 Å². The lowest BCUT2D eigenvalue weighted by atomic mass is 10.1. The van der Waals surface area contributed by atoms with Crippen molar-refractivity contribution >= 4 is 58.1 Å². The van der Waals surface area contributed by atoms with Crippen LogP contribution in [-0.2, 0) is 20.9 Å². The van der Waals surface area contributed by atoms with Crippen LogP contribution in [0, 0.1) is 0 Å². The van der Waals surface area contributed by atoms with E-state index in [1.54, 1.807) is 60.5 Å². The number of hydrogen-bond acceptors (Lipinski definition) is 7. The zero-order valence-electron chi connectivity index (χ0n) is 20.7. The molecule has 2 heterocycles. The standard InChI is InChI=1S/C27H25ClN4O5S/c1-3-37-26(35)17-7-6-9-18(13-17)30-24(33)15-22-25(34)32(20-10-11-23(36-2)21(28)14-20)27(38)31(22)16-19-8-4-5-12-29-19/h4-14,22H,3,15-16H2,1-2H3,(H,30,33). The molecule has 0 spiro atoms. The predicted octanol–water partition coefficient (Wildman–Crippen LogP) is 4.45. The van der Waals surface area contributed by atoms with Crippen molar-refractivity contribution in [2.45, 2.75) is 25.9 Å². The molecule has 0 radical (unpaired) electrons. The van der Waals surface area contributed by atoms with Crippen LogP contribution in [0.2, 0.25) is 5.02 Å². The van der Waals surface area contributed by atoms with E-state index in [4.69, 9.17) is 33.3 Å². The molecule has 0 saturated carbocycles. The van der Waals surface area contributed by atoms with Crippen LogP contribution in [-0.4, -0.2) is 52.5 Å². The first-order valence-electron chi connectivity index (χ1n) is 11.8. The van der Waals surface area contributed by atoms with E-state index >= 15 is 0 Å². The number of hydrogen-bond donors (Lipinski definition) is 1. The number of nitrogens with zero attached hydrogens (tertiary/aromatic N) is 3. The Bertz CT molecular complexity index is 1370. The minimum absolute atomic E-state index is 0.185. The van der Waals surface area contributed by atoms with E-state index in [0.29, 0.717) is 33.4 Å². The molecule has 1 aliphatic heterocycles. The summed E-state index contributed by atoms with van der Waals surface area (Å²) in [5.74, 6) is -0.829. The number of carbonyl (C=O) groups is 3. The van der Waals surface area contributed by atoms with Crippen LogP contribution in [0.4, 0.5) is 11.4 Å². The normalized spacial score (nSPS) is 15.0. The van der Waals surface area contributed by atoms with Crippen LogP contribution in [0.3, 0.4) is 0 Å². The number of rotatable bonds is 9. The van der Waals surface area contributed by atoms with Crippen molar-refractivity contribution in [2.75, 3.05) is 23.9 Å². The fourth-order valence-corrected chi connectivity index (χ4v) is 4.68. The molecule has 11 heteroatoms. The largest absolute Gasteiger partial charge is 0.495 e. The third-order valence-electron chi connectivity index (χ3n) is 5.81. The number of ether oxygens (including phenoxy) is 2. The number of benzene rings is 2. The maximum Gasteiger partial charge on any atom is 0.338 e. The van der Waals surface area contributed by atoms with Crippen molar-refractivity contribution in [3.8, 4) is 5.75 Å². The van der Waals surface area contributed by atoms with Gasteiger partial charge in [-0.2, -0.15) is 0 Å². The van der Waals surface area contributed by atoms with Gasteiger partial charge < -0.3 is 19.7 Å². The lowest BCUT2D eigenvalue weighted by Crippen LogP contribution is -2.37. The smallest absolute Gasteiger partial charge is 0.338 e. The number of anilines is 2. The number of esters is 1. The summed E-state index contributed by atoms with van der Waals surface area (Å²) >= 11 is 12.0. The Labute approximate surface area is 230 Å². The second-order valence-electron chi connectivity index (χ2n) is 8.29. The van der Waals surface area contributed by atoms with Crippen LogP contribution in [0.15, 0.2) is 66.9 Å². The van der Waals surface area contributed by atoms with Crippen LogP contribution >= 0.6 is 23.8 Å². The van der Waals surface area contributed by atoms with Crippen molar-refractivity contribution in [3.05, 3.63) is 83.1 Å². The highest BCUT2D eigenvalue weighted by Crippen LogP contribution is 2.34. The number of pyridine rings is 1. The first-order valence-corrected chi connectivity index (χ1v) is 12.6. The summed E-state index contributed by atoms with van der Waals surface area (Å²) in [5.41, 5.74) is 1.86. The molecule has 3 aromatic rings. The van der Waals surface area contributed by atoms with Gasteiger partial charge in [0.25, 0.3) is 5.91 Å². The molecule has 9 nitrogen and oxygen atoms in total. The topological polar surface area (TPSA) is 101 Å². The van der Waals surface area contributed by atoms with E-state index in [9.17, 15) is 14.4 Å². The molecule has 4 rings (SSSR count). The molecule has 38 heavy (non-hydrogen) atoms. The zero-order chi connectivity index (χ0) is 27.2. The number of amides is 2. The summed E-state index contributed by atoms with van der Waals surface area (Å²) in [6, 6.07) is 15.9. The highest BCUT2D eigenvalue weighted by Gasteiger charge is 2.44. The van der Waals surface area contributed by atoms with Crippen LogP contribution in [0.1, 0.15) is 29.4 Å². The Balaban J connectivity index is 1.58. The molecule has 1 N–H and O–H groups in total. The Kier molecular flexibility index (Phi) is 8.55. The number of halogens is 1. The molecular weight excluding hydrogens is 528 g/mol. The monoisotopic (exact) mass is 552 g/mol. The quantitative estimate of drug-likeness (QED) is 0.307. The van der Waals surface area contributed by atoms with E-state index in [-0.39, 0.29) is 30.6 Å². The van der Waals surface area contributed by atoms with Crippen molar-refractivity contribution in [1.29, 1.82) is 0 Å². The van der Waals surface area contributed by atoms with E-state index in [1.165, 1.54) is 18.1 Å². The molecule has 1 fully saturated rings. The van der Waals surface area contributed by atoms with Gasteiger partial charge in [0.05, 0.1) is 48.6 Å².